The second kappa shape index (κ2) is 8.34. The van der Waals surface area contributed by atoms with Gasteiger partial charge in [0, 0.05) is 11.1 Å². The number of hydrogen-bond donors (Lipinski definition) is 1. The van der Waals surface area contributed by atoms with Crippen molar-refractivity contribution in [2.24, 2.45) is 0 Å². The summed E-state index contributed by atoms with van der Waals surface area (Å²) < 4.78 is 45.9. The van der Waals surface area contributed by atoms with E-state index in [2.05, 4.69) is 10.1 Å². The van der Waals surface area contributed by atoms with Crippen molar-refractivity contribution < 1.29 is 22.6 Å². The van der Waals surface area contributed by atoms with Crippen molar-refractivity contribution in [1.29, 1.82) is 0 Å². The van der Waals surface area contributed by atoms with Gasteiger partial charge in [0.2, 0.25) is 0 Å². The lowest BCUT2D eigenvalue weighted by Crippen LogP contribution is -2.34. The number of piperidine rings is 1. The molecule has 0 atom stereocenters. The van der Waals surface area contributed by atoms with Gasteiger partial charge < -0.3 is 14.8 Å². The molecule has 0 spiro atoms. The van der Waals surface area contributed by atoms with E-state index < -0.39 is 6.36 Å². The van der Waals surface area contributed by atoms with E-state index in [-0.39, 0.29) is 16.9 Å². The Bertz CT molecular complexity index is 435. The van der Waals surface area contributed by atoms with Gasteiger partial charge in [0.25, 0.3) is 0 Å². The summed E-state index contributed by atoms with van der Waals surface area (Å²) >= 11 is 5.76. The van der Waals surface area contributed by atoms with E-state index in [1.807, 2.05) is 13.8 Å². The van der Waals surface area contributed by atoms with Crippen molar-refractivity contribution in [3.05, 3.63) is 23.2 Å². The third-order valence-corrected chi connectivity index (χ3v) is 2.89. The normalized spacial score (nSPS) is 15.9. The van der Waals surface area contributed by atoms with E-state index >= 15 is 0 Å². The van der Waals surface area contributed by atoms with Crippen molar-refractivity contribution in [1.82, 2.24) is 5.32 Å². The molecule has 0 aliphatic carbocycles. The topological polar surface area (TPSA) is 30.5 Å². The second-order valence-corrected chi connectivity index (χ2v) is 4.67. The molecule has 0 aromatic heterocycles. The van der Waals surface area contributed by atoms with Gasteiger partial charge in [0.15, 0.2) is 0 Å². The Hall–Kier alpha value is -1.14. The first-order valence-corrected chi connectivity index (χ1v) is 7.24. The van der Waals surface area contributed by atoms with E-state index in [1.165, 1.54) is 12.1 Å². The molecule has 2 rings (SSSR count). The maximum Gasteiger partial charge on any atom is 0.573 e. The van der Waals surface area contributed by atoms with Gasteiger partial charge in [-0.2, -0.15) is 0 Å². The molecule has 1 aromatic rings. The van der Waals surface area contributed by atoms with Crippen LogP contribution in [0.1, 0.15) is 26.7 Å². The summed E-state index contributed by atoms with van der Waals surface area (Å²) in [5.41, 5.74) is 0. The molecule has 1 aromatic carbocycles. The van der Waals surface area contributed by atoms with Crippen LogP contribution in [0.15, 0.2) is 18.2 Å². The zero-order valence-electron chi connectivity index (χ0n) is 12.0. The van der Waals surface area contributed by atoms with Gasteiger partial charge in [-0.05, 0) is 38.1 Å². The van der Waals surface area contributed by atoms with Crippen LogP contribution < -0.4 is 14.8 Å². The Morgan fingerprint density at radius 1 is 1.10 bits per heavy atom. The van der Waals surface area contributed by atoms with Crippen molar-refractivity contribution in [2.75, 3.05) is 13.1 Å². The Morgan fingerprint density at radius 2 is 1.67 bits per heavy atom. The third kappa shape index (κ3) is 6.91. The maximum absolute atomic E-state index is 12.1. The van der Waals surface area contributed by atoms with E-state index in [0.29, 0.717) is 5.75 Å². The molecule has 1 fully saturated rings. The summed E-state index contributed by atoms with van der Waals surface area (Å²) in [5, 5.41) is 3.32. The lowest BCUT2D eigenvalue weighted by Gasteiger charge is -2.24. The zero-order valence-corrected chi connectivity index (χ0v) is 12.7. The number of halogens is 4. The number of alkyl halides is 3. The van der Waals surface area contributed by atoms with Gasteiger partial charge in [-0.25, -0.2) is 0 Å². The summed E-state index contributed by atoms with van der Waals surface area (Å²) in [6.07, 6.45) is -3.14. The number of hydrogen-bond acceptors (Lipinski definition) is 3. The molecule has 7 heteroatoms. The average molecular weight is 326 g/mol. The Kier molecular flexibility index (Phi) is 7.11. The minimum absolute atomic E-state index is 0.0153. The smallest absolute Gasteiger partial charge is 0.490 e. The van der Waals surface area contributed by atoms with Gasteiger partial charge in [0.05, 0.1) is 0 Å². The molecule has 1 aliphatic heterocycles. The molecule has 3 nitrogen and oxygen atoms in total. The fourth-order valence-corrected chi connectivity index (χ4v) is 2.12. The van der Waals surface area contributed by atoms with Crippen LogP contribution in [0.4, 0.5) is 13.2 Å². The van der Waals surface area contributed by atoms with Crippen LogP contribution in [0.3, 0.4) is 0 Å². The van der Waals surface area contributed by atoms with Gasteiger partial charge in [-0.15, -0.1) is 13.2 Å². The predicted octanol–water partition coefficient (Wildman–Crippen LogP) is 4.40. The second-order valence-electron chi connectivity index (χ2n) is 4.24. The first-order chi connectivity index (χ1) is 9.92. The van der Waals surface area contributed by atoms with Gasteiger partial charge in [-0.1, -0.05) is 25.4 Å². The van der Waals surface area contributed by atoms with E-state index in [1.54, 1.807) is 0 Å². The van der Waals surface area contributed by atoms with Crippen LogP contribution in [0, 0.1) is 0 Å². The highest BCUT2D eigenvalue weighted by Gasteiger charge is 2.31. The Morgan fingerprint density at radius 3 is 2.24 bits per heavy atom. The molecule has 0 radical (unpaired) electrons. The quantitative estimate of drug-likeness (QED) is 0.893. The van der Waals surface area contributed by atoms with Gasteiger partial charge in [0.1, 0.15) is 17.6 Å². The van der Waals surface area contributed by atoms with Crippen molar-refractivity contribution in [3.8, 4) is 11.5 Å². The van der Waals surface area contributed by atoms with Crippen molar-refractivity contribution in [3.63, 3.8) is 0 Å². The standard InChI is InChI=1S/C12H13ClF3NO2.C2H6/c13-8-5-10(18-9-1-3-17-4-2-9)7-11(6-8)19-12(14,15)16;1-2/h5-7,9,17H,1-4H2;1-2H3. The number of ether oxygens (including phenoxy) is 2. The van der Waals surface area contributed by atoms with E-state index in [0.717, 1.165) is 32.0 Å². The third-order valence-electron chi connectivity index (χ3n) is 2.67. The minimum atomic E-state index is -4.74. The summed E-state index contributed by atoms with van der Waals surface area (Å²) in [4.78, 5) is 0. The molecule has 0 unspecified atom stereocenters. The lowest BCUT2D eigenvalue weighted by molar-refractivity contribution is -0.274. The maximum atomic E-state index is 12.1. The summed E-state index contributed by atoms with van der Waals surface area (Å²) in [7, 11) is 0. The number of benzene rings is 1. The summed E-state index contributed by atoms with van der Waals surface area (Å²) in [6, 6.07) is 3.78. The number of rotatable bonds is 3. The summed E-state index contributed by atoms with van der Waals surface area (Å²) in [6.45, 7) is 5.66. The molecule has 0 amide bonds. The molecule has 21 heavy (non-hydrogen) atoms. The fourth-order valence-electron chi connectivity index (χ4n) is 1.90. The SMILES string of the molecule is CC.FC(F)(F)Oc1cc(Cl)cc(OC2CCNCC2)c1. The first kappa shape index (κ1) is 17.9. The van der Waals surface area contributed by atoms with Crippen LogP contribution in [-0.2, 0) is 0 Å². The fraction of sp³-hybridized carbons (Fsp3) is 0.571. The van der Waals surface area contributed by atoms with Crippen LogP contribution in [0.5, 0.6) is 11.5 Å². The first-order valence-electron chi connectivity index (χ1n) is 6.86. The zero-order chi connectivity index (χ0) is 15.9. The molecule has 1 heterocycles. The van der Waals surface area contributed by atoms with Crippen molar-refractivity contribution in [2.45, 2.75) is 39.2 Å². The lowest BCUT2D eigenvalue weighted by atomic mass is 10.1. The highest BCUT2D eigenvalue weighted by Crippen LogP contribution is 2.31. The molecule has 120 valence electrons. The predicted molar refractivity (Wildman–Crippen MR) is 76.0 cm³/mol. The van der Waals surface area contributed by atoms with Gasteiger partial charge >= 0.3 is 6.36 Å². The van der Waals surface area contributed by atoms with E-state index in [4.69, 9.17) is 16.3 Å². The van der Waals surface area contributed by atoms with Crippen molar-refractivity contribution >= 4 is 11.6 Å². The minimum Gasteiger partial charge on any atom is -0.490 e. The molecule has 0 saturated carbocycles. The Labute approximate surface area is 127 Å². The molecular weight excluding hydrogens is 307 g/mol. The Balaban J connectivity index is 0.00000106. The largest absolute Gasteiger partial charge is 0.573 e. The highest BCUT2D eigenvalue weighted by atomic mass is 35.5. The number of nitrogens with one attached hydrogen (secondary N) is 1. The summed E-state index contributed by atoms with van der Waals surface area (Å²) in [5.74, 6) is -0.0809. The van der Waals surface area contributed by atoms with Crippen LogP contribution in [0.25, 0.3) is 0 Å². The average Bonchev–Trinajstić information content (AvgIpc) is 2.39. The molecular formula is C14H19ClF3NO2. The van der Waals surface area contributed by atoms with Gasteiger partial charge in [-0.3, -0.25) is 0 Å². The molecule has 1 aliphatic rings. The molecule has 1 saturated heterocycles. The molecule has 1 N–H and O–H groups in total. The van der Waals surface area contributed by atoms with E-state index in [9.17, 15) is 13.2 Å². The van der Waals surface area contributed by atoms with Crippen LogP contribution >= 0.6 is 11.6 Å². The van der Waals surface area contributed by atoms with Crippen LogP contribution in [-0.4, -0.2) is 25.6 Å². The monoisotopic (exact) mass is 325 g/mol. The van der Waals surface area contributed by atoms with Crippen LogP contribution in [0.2, 0.25) is 5.02 Å². The highest BCUT2D eigenvalue weighted by molar-refractivity contribution is 6.30. The molecule has 0 bridgehead atoms.